The molecule has 1 aromatic heterocycles. The van der Waals surface area contributed by atoms with Crippen LogP contribution in [-0.4, -0.2) is 35.7 Å². The van der Waals surface area contributed by atoms with E-state index in [1.807, 2.05) is 41.8 Å². The number of carbonyl (C=O) groups is 3. The molecular weight excluding hydrogens is 474 g/mol. The summed E-state index contributed by atoms with van der Waals surface area (Å²) in [5.41, 5.74) is 4.45. The lowest BCUT2D eigenvalue weighted by molar-refractivity contribution is -0.121. The number of thiazole rings is 1. The number of Topliss-reactive ketones (excluding diaryl/α,β-unsaturated/α-hetero) is 1. The number of nitrogens with zero attached hydrogens (tertiary/aromatic N) is 2. The van der Waals surface area contributed by atoms with Gasteiger partial charge in [0.25, 0.3) is 5.91 Å². The number of carbonyl (C=O) groups excluding carboxylic acids is 3. The number of hydrogen-bond donors (Lipinski definition) is 1. The van der Waals surface area contributed by atoms with Gasteiger partial charge in [-0.15, -0.1) is 11.3 Å². The number of amides is 2. The fourth-order valence-corrected chi connectivity index (χ4v) is 4.85. The summed E-state index contributed by atoms with van der Waals surface area (Å²) in [5, 5.41) is 5.67. The maximum absolute atomic E-state index is 13.0. The zero-order valence-corrected chi connectivity index (χ0v) is 20.4. The van der Waals surface area contributed by atoms with Gasteiger partial charge in [-0.2, -0.15) is 0 Å². The SMILES string of the molecule is CC(=O)Nc1ccc(C(=O)CN2C(=O)COc3ccc(-c4csc(Cc5ccccc5)n4)cc32)cc1. The van der Waals surface area contributed by atoms with Gasteiger partial charge in [0.2, 0.25) is 5.91 Å². The Bertz CT molecular complexity index is 1430. The number of anilines is 2. The lowest BCUT2D eigenvalue weighted by Crippen LogP contribution is -2.42. The molecule has 8 heteroatoms. The maximum Gasteiger partial charge on any atom is 0.265 e. The molecule has 0 spiro atoms. The molecule has 1 N–H and O–H groups in total. The average molecular weight is 498 g/mol. The number of rotatable bonds is 7. The summed E-state index contributed by atoms with van der Waals surface area (Å²) in [6.07, 6.45) is 0.749. The fraction of sp³-hybridized carbons (Fsp3) is 0.143. The third kappa shape index (κ3) is 5.18. The molecular formula is C28H23N3O4S. The van der Waals surface area contributed by atoms with Gasteiger partial charge in [-0.25, -0.2) is 4.98 Å². The van der Waals surface area contributed by atoms with Crippen molar-refractivity contribution in [2.24, 2.45) is 0 Å². The number of aromatic nitrogens is 1. The van der Waals surface area contributed by atoms with E-state index in [1.165, 1.54) is 17.4 Å². The number of fused-ring (bicyclic) bond motifs is 1. The molecule has 0 aliphatic carbocycles. The van der Waals surface area contributed by atoms with Crippen molar-refractivity contribution in [3.63, 3.8) is 0 Å². The largest absolute Gasteiger partial charge is 0.482 e. The van der Waals surface area contributed by atoms with Crippen molar-refractivity contribution >= 4 is 40.3 Å². The first-order valence-corrected chi connectivity index (χ1v) is 12.3. The van der Waals surface area contributed by atoms with Gasteiger partial charge in [0, 0.05) is 35.5 Å². The molecule has 1 aliphatic rings. The van der Waals surface area contributed by atoms with Crippen molar-refractivity contribution in [1.29, 1.82) is 0 Å². The molecule has 4 aromatic rings. The summed E-state index contributed by atoms with van der Waals surface area (Å²) < 4.78 is 5.62. The Kier molecular flexibility index (Phi) is 6.60. The van der Waals surface area contributed by atoms with Crippen LogP contribution in [-0.2, 0) is 16.0 Å². The normalized spacial score (nSPS) is 12.6. The molecule has 0 unspecified atom stereocenters. The van der Waals surface area contributed by atoms with E-state index >= 15 is 0 Å². The molecule has 180 valence electrons. The Balaban J connectivity index is 1.36. The van der Waals surface area contributed by atoms with Crippen LogP contribution in [0.25, 0.3) is 11.3 Å². The van der Waals surface area contributed by atoms with Gasteiger partial charge in [-0.05, 0) is 48.0 Å². The summed E-state index contributed by atoms with van der Waals surface area (Å²) in [6, 6.07) is 22.3. The van der Waals surface area contributed by atoms with E-state index in [9.17, 15) is 14.4 Å². The highest BCUT2D eigenvalue weighted by Gasteiger charge is 2.28. The summed E-state index contributed by atoms with van der Waals surface area (Å²) in [7, 11) is 0. The van der Waals surface area contributed by atoms with Crippen molar-refractivity contribution in [3.05, 3.63) is 94.3 Å². The number of ketones is 1. The number of ether oxygens (including phenoxy) is 1. The second-order valence-electron chi connectivity index (χ2n) is 8.42. The predicted molar refractivity (Wildman–Crippen MR) is 140 cm³/mol. The number of benzene rings is 3. The van der Waals surface area contributed by atoms with Crippen molar-refractivity contribution in [2.75, 3.05) is 23.4 Å². The van der Waals surface area contributed by atoms with Crippen LogP contribution < -0.4 is 15.0 Å². The van der Waals surface area contributed by atoms with Crippen molar-refractivity contribution < 1.29 is 19.1 Å². The molecule has 0 radical (unpaired) electrons. The third-order valence-electron chi connectivity index (χ3n) is 5.78. The minimum absolute atomic E-state index is 0.117. The Hall–Kier alpha value is -4.30. The Morgan fingerprint density at radius 1 is 1.06 bits per heavy atom. The molecule has 0 saturated carbocycles. The second-order valence-corrected chi connectivity index (χ2v) is 9.36. The first-order chi connectivity index (χ1) is 17.5. The molecule has 0 fully saturated rings. The van der Waals surface area contributed by atoms with Crippen LogP contribution in [0.2, 0.25) is 0 Å². The molecule has 0 atom stereocenters. The van der Waals surface area contributed by atoms with E-state index in [0.717, 1.165) is 22.7 Å². The standard InChI is InChI=1S/C28H23N3O4S/c1-18(32)29-22-10-7-20(8-11-22)25(33)15-31-24-14-21(9-12-26(24)35-16-28(31)34)23-17-36-27(30-23)13-19-5-3-2-4-6-19/h2-12,14,17H,13,15-16H2,1H3,(H,29,32). The molecule has 7 nitrogen and oxygen atoms in total. The van der Waals surface area contributed by atoms with E-state index in [1.54, 1.807) is 35.6 Å². The Morgan fingerprint density at radius 2 is 1.83 bits per heavy atom. The van der Waals surface area contributed by atoms with E-state index in [0.29, 0.717) is 22.7 Å². The molecule has 0 saturated heterocycles. The number of hydrogen-bond acceptors (Lipinski definition) is 6. The topological polar surface area (TPSA) is 88.6 Å². The van der Waals surface area contributed by atoms with Crippen LogP contribution in [0.5, 0.6) is 5.75 Å². The third-order valence-corrected chi connectivity index (χ3v) is 6.63. The van der Waals surface area contributed by atoms with Crippen LogP contribution in [0.4, 0.5) is 11.4 Å². The Morgan fingerprint density at radius 3 is 2.58 bits per heavy atom. The van der Waals surface area contributed by atoms with Crippen molar-refractivity contribution in [3.8, 4) is 17.0 Å². The minimum Gasteiger partial charge on any atom is -0.482 e. The molecule has 36 heavy (non-hydrogen) atoms. The quantitative estimate of drug-likeness (QED) is 0.364. The van der Waals surface area contributed by atoms with Crippen LogP contribution in [0.15, 0.2) is 78.2 Å². The first-order valence-electron chi connectivity index (χ1n) is 11.4. The smallest absolute Gasteiger partial charge is 0.265 e. The first kappa shape index (κ1) is 23.4. The molecule has 1 aliphatic heterocycles. The van der Waals surface area contributed by atoms with Gasteiger partial charge < -0.3 is 10.1 Å². The van der Waals surface area contributed by atoms with Gasteiger partial charge in [0.1, 0.15) is 5.75 Å². The average Bonchev–Trinajstić information content (AvgIpc) is 3.34. The summed E-state index contributed by atoms with van der Waals surface area (Å²) in [6.45, 7) is 1.18. The van der Waals surface area contributed by atoms with Crippen LogP contribution in [0.1, 0.15) is 27.9 Å². The molecule has 0 bridgehead atoms. The summed E-state index contributed by atoms with van der Waals surface area (Å²) in [5.74, 6) is -0.139. The second kappa shape index (κ2) is 10.1. The van der Waals surface area contributed by atoms with E-state index in [-0.39, 0.29) is 30.7 Å². The van der Waals surface area contributed by atoms with Gasteiger partial charge in [0.05, 0.1) is 22.9 Å². The van der Waals surface area contributed by atoms with Crippen LogP contribution in [0, 0.1) is 0 Å². The maximum atomic E-state index is 13.0. The van der Waals surface area contributed by atoms with Gasteiger partial charge >= 0.3 is 0 Å². The highest BCUT2D eigenvalue weighted by atomic mass is 32.1. The van der Waals surface area contributed by atoms with Gasteiger partial charge in [-0.1, -0.05) is 30.3 Å². The van der Waals surface area contributed by atoms with Crippen molar-refractivity contribution in [1.82, 2.24) is 4.98 Å². The zero-order chi connectivity index (χ0) is 25.1. The van der Waals surface area contributed by atoms with E-state index in [2.05, 4.69) is 17.4 Å². The van der Waals surface area contributed by atoms with Crippen LogP contribution >= 0.6 is 11.3 Å². The molecule has 3 aromatic carbocycles. The monoisotopic (exact) mass is 497 g/mol. The Labute approximate surface area is 212 Å². The fourth-order valence-electron chi connectivity index (χ4n) is 4.01. The van der Waals surface area contributed by atoms with E-state index < -0.39 is 0 Å². The zero-order valence-electron chi connectivity index (χ0n) is 19.6. The summed E-state index contributed by atoms with van der Waals surface area (Å²) in [4.78, 5) is 43.2. The molecule has 2 amide bonds. The summed E-state index contributed by atoms with van der Waals surface area (Å²) >= 11 is 1.59. The van der Waals surface area contributed by atoms with E-state index in [4.69, 9.17) is 9.72 Å². The lowest BCUT2D eigenvalue weighted by atomic mass is 10.1. The predicted octanol–water partition coefficient (Wildman–Crippen LogP) is 4.97. The van der Waals surface area contributed by atoms with Crippen molar-refractivity contribution in [2.45, 2.75) is 13.3 Å². The highest BCUT2D eigenvalue weighted by Crippen LogP contribution is 2.36. The highest BCUT2D eigenvalue weighted by molar-refractivity contribution is 7.10. The minimum atomic E-state index is -0.286. The molecule has 5 rings (SSSR count). The van der Waals surface area contributed by atoms with Crippen LogP contribution in [0.3, 0.4) is 0 Å². The number of nitrogens with one attached hydrogen (secondary N) is 1. The van der Waals surface area contributed by atoms with Gasteiger partial charge in [-0.3, -0.25) is 19.3 Å². The lowest BCUT2D eigenvalue weighted by Gasteiger charge is -2.29. The molecule has 2 heterocycles. The van der Waals surface area contributed by atoms with Gasteiger partial charge in [0.15, 0.2) is 12.4 Å².